The van der Waals surface area contributed by atoms with Gasteiger partial charge in [0.25, 0.3) is 5.91 Å². The number of benzene rings is 1. The minimum atomic E-state index is -0.521. The van der Waals surface area contributed by atoms with E-state index < -0.39 is 5.82 Å². The molecule has 1 saturated heterocycles. The van der Waals surface area contributed by atoms with Crippen molar-refractivity contribution in [3.8, 4) is 27.5 Å². The lowest BCUT2D eigenvalue weighted by molar-refractivity contribution is -0.114. The summed E-state index contributed by atoms with van der Waals surface area (Å²) >= 11 is 1.36. The monoisotopic (exact) mass is 585 g/mol. The summed E-state index contributed by atoms with van der Waals surface area (Å²) in [6.07, 6.45) is 9.89. The first-order chi connectivity index (χ1) is 20.5. The molecule has 0 radical (unpaired) electrons. The van der Waals surface area contributed by atoms with Gasteiger partial charge < -0.3 is 10.2 Å². The van der Waals surface area contributed by atoms with Crippen molar-refractivity contribution in [2.75, 3.05) is 31.5 Å². The number of thiazole rings is 1. The summed E-state index contributed by atoms with van der Waals surface area (Å²) in [5.41, 5.74) is 4.75. The molecule has 7 rings (SSSR count). The normalized spacial score (nSPS) is 17.2. The number of hydrogen-bond donors (Lipinski definition) is 1. The van der Waals surface area contributed by atoms with Crippen LogP contribution in [0, 0.1) is 5.82 Å². The Morgan fingerprint density at radius 1 is 1.07 bits per heavy atom. The zero-order valence-corrected chi connectivity index (χ0v) is 24.3. The lowest BCUT2D eigenvalue weighted by Crippen LogP contribution is -2.51. The molecule has 4 heterocycles. The van der Waals surface area contributed by atoms with Gasteiger partial charge in [0.05, 0.1) is 22.0 Å². The smallest absolute Gasteiger partial charge is 0.254 e. The zero-order chi connectivity index (χ0) is 28.8. The molecule has 2 amide bonds. The number of anilines is 1. The Bertz CT molecular complexity index is 1650. The van der Waals surface area contributed by atoms with E-state index in [1.54, 1.807) is 29.2 Å². The molecule has 4 aromatic rings. The van der Waals surface area contributed by atoms with Gasteiger partial charge in [-0.3, -0.25) is 19.5 Å². The van der Waals surface area contributed by atoms with Gasteiger partial charge in [-0.25, -0.2) is 14.1 Å². The van der Waals surface area contributed by atoms with Crippen LogP contribution in [0.25, 0.3) is 27.5 Å². The lowest BCUT2D eigenvalue weighted by atomic mass is 9.95. The Balaban J connectivity index is 1.22. The molecule has 216 valence electrons. The molecule has 1 saturated carbocycles. The van der Waals surface area contributed by atoms with Gasteiger partial charge in [-0.1, -0.05) is 24.2 Å². The minimum Gasteiger partial charge on any atom is -0.336 e. The summed E-state index contributed by atoms with van der Waals surface area (Å²) in [5.74, 6) is -0.862. The van der Waals surface area contributed by atoms with E-state index in [0.29, 0.717) is 42.7 Å². The minimum absolute atomic E-state index is 0.144. The van der Waals surface area contributed by atoms with E-state index in [2.05, 4.69) is 20.2 Å². The third kappa shape index (κ3) is 4.90. The SMILES string of the molecule is CC(=O)Nc1nc2c(s1)-c1c(c(-c3cccnc3)nn1-c1ccc(C(=O)N3CCN(C4CCCC4)CC3)cc1F)CC2. The van der Waals surface area contributed by atoms with Gasteiger partial charge in [-0.2, -0.15) is 5.10 Å². The van der Waals surface area contributed by atoms with Crippen molar-refractivity contribution >= 4 is 28.3 Å². The van der Waals surface area contributed by atoms with Crippen LogP contribution in [-0.2, 0) is 17.6 Å². The molecule has 3 aliphatic rings. The molecule has 0 unspecified atom stereocenters. The Kier molecular flexibility index (Phi) is 7.07. The Morgan fingerprint density at radius 2 is 1.88 bits per heavy atom. The van der Waals surface area contributed by atoms with E-state index in [9.17, 15) is 9.59 Å². The molecule has 0 bridgehead atoms. The topological polar surface area (TPSA) is 96.2 Å². The average Bonchev–Trinajstić information content (AvgIpc) is 3.76. The molecule has 3 aromatic heterocycles. The number of amides is 2. The number of aryl methyl sites for hydroxylation is 1. The number of nitrogens with zero attached hydrogens (tertiary/aromatic N) is 6. The number of fused-ring (bicyclic) bond motifs is 3. The number of rotatable bonds is 5. The van der Waals surface area contributed by atoms with Gasteiger partial charge in [0.1, 0.15) is 11.5 Å². The number of halogens is 1. The maximum Gasteiger partial charge on any atom is 0.254 e. The van der Waals surface area contributed by atoms with Crippen LogP contribution in [0.5, 0.6) is 0 Å². The fraction of sp³-hybridized carbons (Fsp3) is 0.387. The Morgan fingerprint density at radius 3 is 2.60 bits per heavy atom. The second-order valence-corrected chi connectivity index (χ2v) is 12.2. The predicted octanol–water partition coefficient (Wildman–Crippen LogP) is 4.95. The molecule has 11 heteroatoms. The fourth-order valence-corrected chi connectivity index (χ4v) is 7.65. The molecule has 2 fully saturated rings. The van der Waals surface area contributed by atoms with Gasteiger partial charge in [-0.15, -0.1) is 0 Å². The highest BCUT2D eigenvalue weighted by molar-refractivity contribution is 7.19. The van der Waals surface area contributed by atoms with Crippen molar-refractivity contribution in [1.82, 2.24) is 29.5 Å². The molecular weight excluding hydrogens is 553 g/mol. The zero-order valence-electron chi connectivity index (χ0n) is 23.5. The highest BCUT2D eigenvalue weighted by Gasteiger charge is 2.32. The van der Waals surface area contributed by atoms with Crippen LogP contribution in [-0.4, -0.2) is 73.6 Å². The van der Waals surface area contributed by atoms with Crippen molar-refractivity contribution < 1.29 is 14.0 Å². The molecule has 2 aliphatic carbocycles. The fourth-order valence-electron chi connectivity index (χ4n) is 6.54. The van der Waals surface area contributed by atoms with E-state index >= 15 is 4.39 Å². The van der Waals surface area contributed by atoms with Crippen molar-refractivity contribution in [2.24, 2.45) is 0 Å². The second kappa shape index (κ2) is 11.0. The van der Waals surface area contributed by atoms with E-state index in [4.69, 9.17) is 5.10 Å². The lowest BCUT2D eigenvalue weighted by Gasteiger charge is -2.38. The number of carbonyl (C=O) groups excluding carboxylic acids is 2. The number of pyridine rings is 1. The van der Waals surface area contributed by atoms with E-state index in [1.165, 1.54) is 50.0 Å². The third-order valence-electron chi connectivity index (χ3n) is 8.59. The quantitative estimate of drug-likeness (QED) is 0.356. The van der Waals surface area contributed by atoms with Gasteiger partial charge >= 0.3 is 0 Å². The van der Waals surface area contributed by atoms with Gasteiger partial charge in [-0.05, 0) is 56.0 Å². The van der Waals surface area contributed by atoms with Crippen LogP contribution in [0.2, 0.25) is 0 Å². The molecule has 0 spiro atoms. The van der Waals surface area contributed by atoms with Crippen molar-refractivity contribution in [1.29, 1.82) is 0 Å². The maximum atomic E-state index is 15.9. The van der Waals surface area contributed by atoms with Crippen molar-refractivity contribution in [3.63, 3.8) is 0 Å². The summed E-state index contributed by atoms with van der Waals surface area (Å²) in [4.78, 5) is 39.2. The standard InChI is InChI=1S/C31H32FN7O2S/c1-19(40)34-31-35-25-10-9-23-27(21-5-4-12-33-18-21)36-39(28(23)29(25)42-31)26-11-8-20(17-24(26)32)30(41)38-15-13-37(14-16-38)22-6-2-3-7-22/h4-5,8,11-12,17-18,22H,2-3,6-7,9-10,13-16H2,1H3,(H,34,35,40). The molecule has 1 aromatic carbocycles. The first kappa shape index (κ1) is 26.9. The molecule has 9 nitrogen and oxygen atoms in total. The molecule has 1 aliphatic heterocycles. The molecule has 1 N–H and O–H groups in total. The highest BCUT2D eigenvalue weighted by atomic mass is 32.1. The molecule has 0 atom stereocenters. The molecule has 42 heavy (non-hydrogen) atoms. The first-order valence-electron chi connectivity index (χ1n) is 14.6. The van der Waals surface area contributed by atoms with E-state index in [1.807, 2.05) is 17.0 Å². The summed E-state index contributed by atoms with van der Waals surface area (Å²) in [6.45, 7) is 4.50. The van der Waals surface area contributed by atoms with Crippen LogP contribution in [0.1, 0.15) is 54.2 Å². The first-order valence-corrected chi connectivity index (χ1v) is 15.4. The van der Waals surface area contributed by atoms with E-state index in [0.717, 1.165) is 46.2 Å². The second-order valence-electron chi connectivity index (χ2n) is 11.2. The summed E-state index contributed by atoms with van der Waals surface area (Å²) in [5, 5.41) is 8.19. The van der Waals surface area contributed by atoms with E-state index in [-0.39, 0.29) is 17.5 Å². The van der Waals surface area contributed by atoms with Crippen LogP contribution in [0.15, 0.2) is 42.7 Å². The van der Waals surface area contributed by atoms with Gasteiger partial charge in [0, 0.05) is 68.2 Å². The third-order valence-corrected chi connectivity index (χ3v) is 9.61. The Hall–Kier alpha value is -3.96. The van der Waals surface area contributed by atoms with Gasteiger partial charge in [0.15, 0.2) is 5.13 Å². The van der Waals surface area contributed by atoms with Crippen LogP contribution < -0.4 is 5.32 Å². The van der Waals surface area contributed by atoms with Gasteiger partial charge in [0.2, 0.25) is 5.91 Å². The highest BCUT2D eigenvalue weighted by Crippen LogP contribution is 2.44. The average molecular weight is 586 g/mol. The number of carbonyl (C=O) groups is 2. The predicted molar refractivity (Wildman–Crippen MR) is 159 cm³/mol. The number of nitrogens with one attached hydrogen (secondary N) is 1. The molecular formula is C31H32FN7O2S. The number of piperazine rings is 1. The summed E-state index contributed by atoms with van der Waals surface area (Å²) in [7, 11) is 0. The summed E-state index contributed by atoms with van der Waals surface area (Å²) in [6, 6.07) is 9.10. The van der Waals surface area contributed by atoms with Crippen LogP contribution in [0.3, 0.4) is 0 Å². The number of hydrogen-bond acceptors (Lipinski definition) is 7. The Labute approximate surface area is 247 Å². The van der Waals surface area contributed by atoms with Crippen molar-refractivity contribution in [2.45, 2.75) is 51.5 Å². The van der Waals surface area contributed by atoms with Crippen LogP contribution in [0.4, 0.5) is 9.52 Å². The summed E-state index contributed by atoms with van der Waals surface area (Å²) < 4.78 is 17.6. The van der Waals surface area contributed by atoms with Crippen molar-refractivity contribution in [3.05, 3.63) is 65.4 Å². The largest absolute Gasteiger partial charge is 0.336 e. The number of aromatic nitrogens is 4. The maximum absolute atomic E-state index is 15.9. The van der Waals surface area contributed by atoms with Crippen LogP contribution >= 0.6 is 11.3 Å².